The smallest absolute Gasteiger partial charge is 0.407 e. The highest BCUT2D eigenvalue weighted by Gasteiger charge is 2.34. The summed E-state index contributed by atoms with van der Waals surface area (Å²) >= 11 is 0. The lowest BCUT2D eigenvalue weighted by atomic mass is 10.0. The number of unbranched alkanes of at least 4 members (excludes halogenated alkanes) is 1. The number of hydrogen-bond donors (Lipinski definition) is 4. The molecular formula is C43H57N5O8. The van der Waals surface area contributed by atoms with Crippen LogP contribution in [-0.2, 0) is 41.7 Å². The summed E-state index contributed by atoms with van der Waals surface area (Å²) in [6, 6.07) is 25.5. The van der Waals surface area contributed by atoms with Crippen LogP contribution < -0.4 is 21.4 Å². The molecular weight excluding hydrogens is 714 g/mol. The maximum atomic E-state index is 14.7. The third kappa shape index (κ3) is 13.5. The number of carbonyl (C=O) groups excluding carboxylic acids is 4. The Morgan fingerprint density at radius 1 is 0.750 bits per heavy atom. The number of carbonyl (C=O) groups is 4. The topological polar surface area (TPSA) is 157 Å². The van der Waals surface area contributed by atoms with E-state index in [0.717, 1.165) is 32.7 Å². The first-order valence-corrected chi connectivity index (χ1v) is 19.3. The summed E-state index contributed by atoms with van der Waals surface area (Å²) in [6.45, 7) is 11.9. The minimum absolute atomic E-state index is 0.222. The Labute approximate surface area is 329 Å². The van der Waals surface area contributed by atoms with Crippen molar-refractivity contribution in [2.45, 2.75) is 97.9 Å². The molecule has 0 aliphatic carbocycles. The van der Waals surface area contributed by atoms with Gasteiger partial charge in [0, 0.05) is 32.8 Å². The Bertz CT molecular complexity index is 1880. The highest BCUT2D eigenvalue weighted by atomic mass is 16.7. The maximum Gasteiger partial charge on any atom is 0.407 e. The number of amides is 5. The Morgan fingerprint density at radius 2 is 1.34 bits per heavy atom. The summed E-state index contributed by atoms with van der Waals surface area (Å²) in [5, 5.41) is 12.4. The van der Waals surface area contributed by atoms with Crippen LogP contribution in [0.15, 0.2) is 84.9 Å². The van der Waals surface area contributed by atoms with Crippen molar-refractivity contribution in [2.75, 3.05) is 26.4 Å². The molecule has 5 amide bonds. The van der Waals surface area contributed by atoms with E-state index in [0.29, 0.717) is 32.6 Å². The van der Waals surface area contributed by atoms with E-state index in [1.54, 1.807) is 25.7 Å². The van der Waals surface area contributed by atoms with Crippen LogP contribution in [0.2, 0.25) is 0 Å². The van der Waals surface area contributed by atoms with Crippen molar-refractivity contribution < 1.29 is 38.2 Å². The van der Waals surface area contributed by atoms with E-state index in [1.807, 2.05) is 106 Å². The Kier molecular flexibility index (Phi) is 16.9. The molecule has 0 bridgehead atoms. The van der Waals surface area contributed by atoms with E-state index in [9.17, 15) is 19.2 Å². The Hall–Kier alpha value is -5.24. The van der Waals surface area contributed by atoms with Gasteiger partial charge in [0.05, 0.1) is 6.04 Å². The molecule has 0 spiro atoms. The second kappa shape index (κ2) is 21.7. The molecule has 56 heavy (non-hydrogen) atoms. The van der Waals surface area contributed by atoms with Gasteiger partial charge in [-0.25, -0.2) is 15.1 Å². The van der Waals surface area contributed by atoms with Crippen molar-refractivity contribution in [3.05, 3.63) is 96.1 Å². The number of rotatable bonds is 20. The van der Waals surface area contributed by atoms with E-state index in [-0.39, 0.29) is 25.4 Å². The van der Waals surface area contributed by atoms with Crippen LogP contribution in [0, 0.1) is 0 Å². The minimum Gasteiger partial charge on any atom is -0.444 e. The van der Waals surface area contributed by atoms with Gasteiger partial charge in [-0.05, 0) is 93.5 Å². The number of fused-ring (bicyclic) bond motifs is 2. The van der Waals surface area contributed by atoms with Crippen LogP contribution >= 0.6 is 0 Å². The average Bonchev–Trinajstić information content (AvgIpc) is 3.17. The molecule has 0 heterocycles. The number of alkyl carbamates (subject to hydrolysis) is 1. The van der Waals surface area contributed by atoms with E-state index in [2.05, 4.69) is 21.4 Å². The highest BCUT2D eigenvalue weighted by molar-refractivity contribution is 5.90. The molecule has 13 nitrogen and oxygen atoms in total. The molecule has 4 rings (SSSR count). The standard InChI is InChI=1S/C43H57N5O8/c1-7-53-40(54-8-2)30(3)48(28-34-22-16-20-32-18-10-12-24-36(32)34)39(50)37(25-13-14-26-44-42(52)56-43(4,5)6)46-38(49)29-55-47-41(51)45-27-33-21-15-19-31-17-9-11-23-35(31)33/h9-12,15-24,30,37,40H,7-8,13-14,25-29H2,1-6H3,(H,44,52)(H,46,49)(H2,45,47,51)/t30-,37-/m0/s1. The summed E-state index contributed by atoms with van der Waals surface area (Å²) in [5.74, 6) is -0.947. The monoisotopic (exact) mass is 771 g/mol. The van der Waals surface area contributed by atoms with Gasteiger partial charge in [-0.1, -0.05) is 84.9 Å². The highest BCUT2D eigenvalue weighted by Crippen LogP contribution is 2.24. The fourth-order valence-electron chi connectivity index (χ4n) is 6.34. The minimum atomic E-state index is -0.978. The summed E-state index contributed by atoms with van der Waals surface area (Å²) < 4.78 is 17.2. The van der Waals surface area contributed by atoms with Crippen molar-refractivity contribution in [3.8, 4) is 0 Å². The molecule has 4 aromatic rings. The fraction of sp³-hybridized carbons (Fsp3) is 0.442. The first-order valence-electron chi connectivity index (χ1n) is 19.3. The quantitative estimate of drug-likeness (QED) is 0.0439. The molecule has 4 aromatic carbocycles. The maximum absolute atomic E-state index is 14.7. The number of benzene rings is 4. The van der Waals surface area contributed by atoms with Gasteiger partial charge in [0.15, 0.2) is 12.9 Å². The van der Waals surface area contributed by atoms with Crippen LogP contribution in [0.3, 0.4) is 0 Å². The van der Waals surface area contributed by atoms with Gasteiger partial charge >= 0.3 is 12.1 Å². The zero-order valence-electron chi connectivity index (χ0n) is 33.4. The van der Waals surface area contributed by atoms with Crippen LogP contribution in [0.5, 0.6) is 0 Å². The predicted molar refractivity (Wildman–Crippen MR) is 216 cm³/mol. The van der Waals surface area contributed by atoms with E-state index >= 15 is 0 Å². The third-order valence-electron chi connectivity index (χ3n) is 8.96. The first kappa shape index (κ1) is 43.5. The van der Waals surface area contributed by atoms with Crippen LogP contribution in [0.1, 0.15) is 71.9 Å². The number of hydroxylamine groups is 1. The van der Waals surface area contributed by atoms with Crippen molar-refractivity contribution in [1.29, 1.82) is 0 Å². The van der Waals surface area contributed by atoms with Crippen molar-refractivity contribution in [2.24, 2.45) is 0 Å². The zero-order valence-corrected chi connectivity index (χ0v) is 33.4. The number of nitrogens with zero attached hydrogens (tertiary/aromatic N) is 1. The molecule has 13 heteroatoms. The lowest BCUT2D eigenvalue weighted by Crippen LogP contribution is -2.55. The SMILES string of the molecule is CCOC(OCC)[C@H](C)N(Cc1cccc2ccccc12)C(=O)[C@H](CCCCNC(=O)OC(C)(C)C)NC(=O)CONC(=O)NCc1cccc2ccccc12. The Morgan fingerprint density at radius 3 is 1.96 bits per heavy atom. The lowest BCUT2D eigenvalue weighted by molar-refractivity contribution is -0.180. The number of hydrogen-bond acceptors (Lipinski definition) is 8. The third-order valence-corrected chi connectivity index (χ3v) is 8.96. The van der Waals surface area contributed by atoms with Gasteiger partial charge in [-0.2, -0.15) is 0 Å². The molecule has 2 atom stereocenters. The summed E-state index contributed by atoms with van der Waals surface area (Å²) in [7, 11) is 0. The van der Waals surface area contributed by atoms with E-state index < -0.39 is 48.6 Å². The Balaban J connectivity index is 1.46. The molecule has 0 aliphatic heterocycles. The molecule has 0 saturated heterocycles. The van der Waals surface area contributed by atoms with Crippen molar-refractivity contribution in [1.82, 2.24) is 26.3 Å². The molecule has 0 unspecified atom stereocenters. The van der Waals surface area contributed by atoms with E-state index in [1.165, 1.54) is 0 Å². The van der Waals surface area contributed by atoms with Crippen molar-refractivity contribution >= 4 is 45.5 Å². The fourth-order valence-corrected chi connectivity index (χ4v) is 6.34. The normalized spacial score (nSPS) is 12.6. The molecule has 302 valence electrons. The molecule has 0 saturated carbocycles. The van der Waals surface area contributed by atoms with Crippen LogP contribution in [-0.4, -0.2) is 79.2 Å². The summed E-state index contributed by atoms with van der Waals surface area (Å²) in [5.41, 5.74) is 3.48. The molecule has 0 fully saturated rings. The van der Waals surface area contributed by atoms with Crippen molar-refractivity contribution in [3.63, 3.8) is 0 Å². The van der Waals surface area contributed by atoms with Gasteiger partial charge < -0.3 is 35.1 Å². The zero-order chi connectivity index (χ0) is 40.5. The van der Waals surface area contributed by atoms with Gasteiger partial charge in [-0.15, -0.1) is 0 Å². The largest absolute Gasteiger partial charge is 0.444 e. The number of urea groups is 1. The number of nitrogens with one attached hydrogen (secondary N) is 4. The lowest BCUT2D eigenvalue weighted by Gasteiger charge is -2.37. The number of ether oxygens (including phenoxy) is 3. The van der Waals surface area contributed by atoms with Gasteiger partial charge in [0.25, 0.3) is 0 Å². The molecule has 4 N–H and O–H groups in total. The first-order chi connectivity index (χ1) is 26.9. The molecule has 0 aliphatic rings. The van der Waals surface area contributed by atoms with Gasteiger partial charge in [0.2, 0.25) is 11.8 Å². The molecule has 0 radical (unpaired) electrons. The predicted octanol–water partition coefficient (Wildman–Crippen LogP) is 6.72. The summed E-state index contributed by atoms with van der Waals surface area (Å²) in [6.07, 6.45) is 0.00811. The van der Waals surface area contributed by atoms with Gasteiger partial charge in [0.1, 0.15) is 11.6 Å². The molecule has 0 aromatic heterocycles. The summed E-state index contributed by atoms with van der Waals surface area (Å²) in [4.78, 5) is 59.8. The second-order valence-electron chi connectivity index (χ2n) is 14.4. The van der Waals surface area contributed by atoms with Gasteiger partial charge in [-0.3, -0.25) is 14.4 Å². The van der Waals surface area contributed by atoms with Crippen LogP contribution in [0.25, 0.3) is 21.5 Å². The second-order valence-corrected chi connectivity index (χ2v) is 14.4. The van der Waals surface area contributed by atoms with Crippen LogP contribution in [0.4, 0.5) is 9.59 Å². The average molecular weight is 772 g/mol. The van der Waals surface area contributed by atoms with E-state index in [4.69, 9.17) is 19.0 Å².